The van der Waals surface area contributed by atoms with Gasteiger partial charge in [0.15, 0.2) is 0 Å². The summed E-state index contributed by atoms with van der Waals surface area (Å²) in [6, 6.07) is 1.97. The van der Waals surface area contributed by atoms with Gasteiger partial charge < -0.3 is 10.1 Å². The maximum absolute atomic E-state index is 5.66. The Morgan fingerprint density at radius 3 is 2.59 bits per heavy atom. The number of nitrogens with one attached hydrogen (secondary N) is 1. The molecule has 1 aromatic heterocycles. The lowest BCUT2D eigenvalue weighted by molar-refractivity contribution is 0.278. The van der Waals surface area contributed by atoms with Crippen molar-refractivity contribution in [1.82, 2.24) is 15.1 Å². The predicted octanol–water partition coefficient (Wildman–Crippen LogP) is 2.28. The first-order valence-corrected chi connectivity index (χ1v) is 6.27. The summed E-state index contributed by atoms with van der Waals surface area (Å²) in [7, 11) is 1.91. The molecule has 1 N–H and O–H groups in total. The Morgan fingerprint density at radius 2 is 2.06 bits per heavy atom. The van der Waals surface area contributed by atoms with E-state index in [1.807, 2.05) is 20.0 Å². The minimum atomic E-state index is 0.208. The maximum Gasteiger partial charge on any atom is 0.211 e. The van der Waals surface area contributed by atoms with E-state index in [0.717, 1.165) is 37.6 Å². The van der Waals surface area contributed by atoms with E-state index >= 15 is 0 Å². The van der Waals surface area contributed by atoms with E-state index in [-0.39, 0.29) is 5.54 Å². The van der Waals surface area contributed by atoms with Gasteiger partial charge >= 0.3 is 0 Å². The number of hydrogen-bond acceptors (Lipinski definition) is 3. The van der Waals surface area contributed by atoms with Gasteiger partial charge in [0.25, 0.3) is 0 Å². The monoisotopic (exact) mass is 239 g/mol. The molecule has 0 saturated carbocycles. The molecule has 17 heavy (non-hydrogen) atoms. The van der Waals surface area contributed by atoms with Crippen LogP contribution in [0.1, 0.15) is 39.3 Å². The Labute approximate surface area is 104 Å². The molecule has 1 heterocycles. The van der Waals surface area contributed by atoms with Gasteiger partial charge in [0.2, 0.25) is 5.88 Å². The number of ether oxygens (including phenoxy) is 1. The number of unbranched alkanes of at least 4 members (excludes halogenated alkanes) is 1. The van der Waals surface area contributed by atoms with Crippen molar-refractivity contribution in [3.63, 3.8) is 0 Å². The molecule has 0 aliphatic carbocycles. The third kappa shape index (κ3) is 5.73. The van der Waals surface area contributed by atoms with Crippen molar-refractivity contribution in [3.05, 3.63) is 11.8 Å². The van der Waals surface area contributed by atoms with Crippen molar-refractivity contribution in [2.24, 2.45) is 7.05 Å². The average Bonchev–Trinajstić information content (AvgIpc) is 2.49. The second kappa shape index (κ2) is 6.05. The molecule has 1 aromatic rings. The second-order valence-corrected chi connectivity index (χ2v) is 5.48. The molecule has 0 radical (unpaired) electrons. The zero-order chi connectivity index (χ0) is 12.9. The van der Waals surface area contributed by atoms with E-state index in [0.29, 0.717) is 0 Å². The van der Waals surface area contributed by atoms with Crippen molar-refractivity contribution >= 4 is 0 Å². The Bertz CT molecular complexity index is 339. The van der Waals surface area contributed by atoms with Gasteiger partial charge in [-0.05, 0) is 47.1 Å². The first kappa shape index (κ1) is 14.0. The van der Waals surface area contributed by atoms with E-state index in [9.17, 15) is 0 Å². The Kier molecular flexibility index (Phi) is 5.00. The van der Waals surface area contributed by atoms with Crippen LogP contribution in [-0.4, -0.2) is 28.5 Å². The molecule has 0 aliphatic heterocycles. The first-order valence-electron chi connectivity index (χ1n) is 6.27. The Balaban J connectivity index is 2.11. The molecular formula is C13H25N3O. The molecule has 4 nitrogen and oxygen atoms in total. The molecule has 98 valence electrons. The maximum atomic E-state index is 5.66. The number of hydrogen-bond donors (Lipinski definition) is 1. The van der Waals surface area contributed by atoms with Gasteiger partial charge in [-0.2, -0.15) is 5.10 Å². The van der Waals surface area contributed by atoms with Crippen LogP contribution in [0.5, 0.6) is 5.88 Å². The topological polar surface area (TPSA) is 39.1 Å². The molecule has 0 bridgehead atoms. The van der Waals surface area contributed by atoms with Gasteiger partial charge in [-0.15, -0.1) is 0 Å². The largest absolute Gasteiger partial charge is 0.478 e. The lowest BCUT2D eigenvalue weighted by atomic mass is 10.1. The molecular weight excluding hydrogens is 214 g/mol. The van der Waals surface area contributed by atoms with Crippen LogP contribution in [-0.2, 0) is 7.05 Å². The van der Waals surface area contributed by atoms with Crippen LogP contribution in [0.4, 0.5) is 0 Å². The fourth-order valence-electron chi connectivity index (χ4n) is 1.59. The number of aromatic nitrogens is 2. The summed E-state index contributed by atoms with van der Waals surface area (Å²) in [5, 5.41) is 7.70. The molecule has 0 spiro atoms. The third-order valence-electron chi connectivity index (χ3n) is 2.44. The highest BCUT2D eigenvalue weighted by molar-refractivity contribution is 5.14. The quantitative estimate of drug-likeness (QED) is 0.774. The summed E-state index contributed by atoms with van der Waals surface area (Å²) in [4.78, 5) is 0. The molecule has 0 aliphatic rings. The summed E-state index contributed by atoms with van der Waals surface area (Å²) >= 11 is 0. The zero-order valence-corrected chi connectivity index (χ0v) is 11.7. The van der Waals surface area contributed by atoms with Gasteiger partial charge in [0.1, 0.15) is 0 Å². The van der Waals surface area contributed by atoms with E-state index in [2.05, 4.69) is 31.2 Å². The van der Waals surface area contributed by atoms with Gasteiger partial charge in [0, 0.05) is 18.7 Å². The number of rotatable bonds is 6. The third-order valence-corrected chi connectivity index (χ3v) is 2.44. The molecule has 0 saturated heterocycles. The summed E-state index contributed by atoms with van der Waals surface area (Å²) in [6.07, 6.45) is 2.20. The van der Waals surface area contributed by atoms with Crippen LogP contribution >= 0.6 is 0 Å². The van der Waals surface area contributed by atoms with Crippen LogP contribution in [0.25, 0.3) is 0 Å². The molecule has 1 rings (SSSR count). The van der Waals surface area contributed by atoms with Gasteiger partial charge in [0.05, 0.1) is 12.3 Å². The van der Waals surface area contributed by atoms with Crippen LogP contribution in [0.3, 0.4) is 0 Å². The highest BCUT2D eigenvalue weighted by Crippen LogP contribution is 2.11. The van der Waals surface area contributed by atoms with Crippen molar-refractivity contribution < 1.29 is 4.74 Å². The summed E-state index contributed by atoms with van der Waals surface area (Å²) in [6.45, 7) is 10.3. The molecule has 0 fully saturated rings. The van der Waals surface area contributed by atoms with Crippen molar-refractivity contribution in [3.8, 4) is 5.88 Å². The van der Waals surface area contributed by atoms with E-state index in [1.165, 1.54) is 0 Å². The van der Waals surface area contributed by atoms with Crippen LogP contribution in [0.2, 0.25) is 0 Å². The minimum absolute atomic E-state index is 0.208. The highest BCUT2D eigenvalue weighted by Gasteiger charge is 2.07. The van der Waals surface area contributed by atoms with E-state index in [4.69, 9.17) is 4.74 Å². The molecule has 0 atom stereocenters. The van der Waals surface area contributed by atoms with Gasteiger partial charge in [-0.1, -0.05) is 0 Å². The lowest BCUT2D eigenvalue weighted by Crippen LogP contribution is -2.36. The van der Waals surface area contributed by atoms with Crippen molar-refractivity contribution in [1.29, 1.82) is 0 Å². The van der Waals surface area contributed by atoms with Crippen LogP contribution < -0.4 is 10.1 Å². The molecule has 0 aromatic carbocycles. The van der Waals surface area contributed by atoms with Crippen LogP contribution in [0, 0.1) is 6.92 Å². The number of nitrogens with zero attached hydrogens (tertiary/aromatic N) is 2. The second-order valence-electron chi connectivity index (χ2n) is 5.48. The van der Waals surface area contributed by atoms with E-state index < -0.39 is 0 Å². The minimum Gasteiger partial charge on any atom is -0.478 e. The Morgan fingerprint density at radius 1 is 1.35 bits per heavy atom. The molecule has 4 heteroatoms. The zero-order valence-electron chi connectivity index (χ0n) is 11.7. The summed E-state index contributed by atoms with van der Waals surface area (Å²) < 4.78 is 7.44. The average molecular weight is 239 g/mol. The first-order chi connectivity index (χ1) is 7.88. The lowest BCUT2D eigenvalue weighted by Gasteiger charge is -2.20. The predicted molar refractivity (Wildman–Crippen MR) is 70.4 cm³/mol. The highest BCUT2D eigenvalue weighted by atomic mass is 16.5. The van der Waals surface area contributed by atoms with E-state index in [1.54, 1.807) is 4.68 Å². The fourth-order valence-corrected chi connectivity index (χ4v) is 1.59. The smallest absolute Gasteiger partial charge is 0.211 e. The Hall–Kier alpha value is -1.03. The SMILES string of the molecule is Cc1cc(OCCCCNC(C)(C)C)n(C)n1. The summed E-state index contributed by atoms with van der Waals surface area (Å²) in [5.74, 6) is 0.853. The fraction of sp³-hybridized carbons (Fsp3) is 0.769. The van der Waals surface area contributed by atoms with Gasteiger partial charge in [-0.25, -0.2) is 4.68 Å². The van der Waals surface area contributed by atoms with Crippen LogP contribution in [0.15, 0.2) is 6.07 Å². The normalized spacial score (nSPS) is 11.8. The van der Waals surface area contributed by atoms with Crippen molar-refractivity contribution in [2.45, 2.75) is 46.1 Å². The van der Waals surface area contributed by atoms with Crippen molar-refractivity contribution in [2.75, 3.05) is 13.2 Å². The van der Waals surface area contributed by atoms with Gasteiger partial charge in [-0.3, -0.25) is 0 Å². The number of aryl methyl sites for hydroxylation is 2. The molecule has 0 amide bonds. The standard InChI is InChI=1S/C13H25N3O/c1-11-10-12(16(5)15-11)17-9-7-6-8-14-13(2,3)4/h10,14H,6-9H2,1-5H3. The summed E-state index contributed by atoms with van der Waals surface area (Å²) in [5.41, 5.74) is 1.21. The molecule has 0 unspecified atom stereocenters.